The molecule has 0 unspecified atom stereocenters. The van der Waals surface area contributed by atoms with E-state index in [0.717, 1.165) is 17.8 Å². The average Bonchev–Trinajstić information content (AvgIpc) is 3.30. The Kier molecular flexibility index (Phi) is 6.18. The summed E-state index contributed by atoms with van der Waals surface area (Å²) in [5, 5.41) is 4.45. The lowest BCUT2D eigenvalue weighted by Gasteiger charge is -2.13. The standard InChI is InChI=1S/C22H15ClF3N5O2/c23-18-5-4-14(9-17(18)22(24,25)26)31-21(32)30-13-2-1-3-15(8-13)33-16-6-7-28-19(10-16)20-11-27-12-29-20/h1-12H,(H,27,29)(H2,30,31,32). The summed E-state index contributed by atoms with van der Waals surface area (Å²) in [6.45, 7) is 0. The number of nitrogens with zero attached hydrogens (tertiary/aromatic N) is 2. The molecule has 2 amide bonds. The Morgan fingerprint density at radius 1 is 1.00 bits per heavy atom. The predicted molar refractivity (Wildman–Crippen MR) is 117 cm³/mol. The van der Waals surface area contributed by atoms with Crippen molar-refractivity contribution in [3.63, 3.8) is 0 Å². The van der Waals surface area contributed by atoms with Crippen molar-refractivity contribution in [2.45, 2.75) is 6.18 Å². The van der Waals surface area contributed by atoms with Crippen molar-refractivity contribution in [1.29, 1.82) is 0 Å². The second kappa shape index (κ2) is 9.21. The van der Waals surface area contributed by atoms with Crippen LogP contribution in [0.4, 0.5) is 29.3 Å². The Morgan fingerprint density at radius 3 is 2.48 bits per heavy atom. The van der Waals surface area contributed by atoms with Crippen molar-refractivity contribution in [1.82, 2.24) is 15.0 Å². The molecule has 33 heavy (non-hydrogen) atoms. The number of aromatic amines is 1. The topological polar surface area (TPSA) is 91.9 Å². The molecule has 0 aliphatic heterocycles. The van der Waals surface area contributed by atoms with Gasteiger partial charge in [0, 0.05) is 29.7 Å². The number of carbonyl (C=O) groups is 1. The van der Waals surface area contributed by atoms with Crippen molar-refractivity contribution >= 4 is 29.0 Å². The van der Waals surface area contributed by atoms with E-state index in [1.54, 1.807) is 55.1 Å². The first-order chi connectivity index (χ1) is 15.8. The summed E-state index contributed by atoms with van der Waals surface area (Å²) in [4.78, 5) is 23.4. The molecule has 0 saturated heterocycles. The first kappa shape index (κ1) is 22.2. The van der Waals surface area contributed by atoms with Crippen molar-refractivity contribution < 1.29 is 22.7 Å². The number of urea groups is 1. The van der Waals surface area contributed by atoms with E-state index in [4.69, 9.17) is 16.3 Å². The molecule has 0 aliphatic rings. The highest BCUT2D eigenvalue weighted by atomic mass is 35.5. The predicted octanol–water partition coefficient (Wildman–Crippen LogP) is 6.58. The molecule has 0 atom stereocenters. The number of aromatic nitrogens is 3. The number of benzene rings is 2. The van der Waals surface area contributed by atoms with E-state index in [0.29, 0.717) is 22.9 Å². The monoisotopic (exact) mass is 473 g/mol. The number of hydrogen-bond acceptors (Lipinski definition) is 4. The first-order valence-electron chi connectivity index (χ1n) is 9.45. The molecule has 0 radical (unpaired) electrons. The minimum absolute atomic E-state index is 0.0558. The summed E-state index contributed by atoms with van der Waals surface area (Å²) in [6, 6.07) is 12.3. The van der Waals surface area contributed by atoms with Gasteiger partial charge in [-0.1, -0.05) is 17.7 Å². The van der Waals surface area contributed by atoms with Gasteiger partial charge in [-0.25, -0.2) is 9.78 Å². The van der Waals surface area contributed by atoms with Gasteiger partial charge in [-0.05, 0) is 36.4 Å². The summed E-state index contributed by atoms with van der Waals surface area (Å²) in [5.41, 5.74) is 0.644. The summed E-state index contributed by atoms with van der Waals surface area (Å²) in [6.07, 6.45) is 0.121. The normalized spacial score (nSPS) is 11.2. The van der Waals surface area contributed by atoms with Crippen molar-refractivity contribution in [3.8, 4) is 22.9 Å². The minimum Gasteiger partial charge on any atom is -0.457 e. The number of ether oxygens (including phenoxy) is 1. The number of nitrogens with one attached hydrogen (secondary N) is 3. The van der Waals surface area contributed by atoms with Crippen LogP contribution in [0.15, 0.2) is 73.3 Å². The fourth-order valence-corrected chi connectivity index (χ4v) is 3.13. The fraction of sp³-hybridized carbons (Fsp3) is 0.0455. The Morgan fingerprint density at radius 2 is 1.76 bits per heavy atom. The van der Waals surface area contributed by atoms with Crippen LogP contribution >= 0.6 is 11.6 Å². The van der Waals surface area contributed by atoms with Gasteiger partial charge in [0.1, 0.15) is 11.5 Å². The largest absolute Gasteiger partial charge is 0.457 e. The Hall–Kier alpha value is -4.05. The third kappa shape index (κ3) is 5.60. The molecule has 7 nitrogen and oxygen atoms in total. The number of imidazole rings is 1. The molecule has 2 aromatic carbocycles. The summed E-state index contributed by atoms with van der Waals surface area (Å²) < 4.78 is 44.9. The number of rotatable bonds is 5. The molecule has 0 fully saturated rings. The van der Waals surface area contributed by atoms with Gasteiger partial charge in [-0.2, -0.15) is 13.2 Å². The maximum Gasteiger partial charge on any atom is 0.417 e. The summed E-state index contributed by atoms with van der Waals surface area (Å²) in [7, 11) is 0. The van der Waals surface area contributed by atoms with Crippen LogP contribution in [0.2, 0.25) is 5.02 Å². The number of alkyl halides is 3. The molecule has 11 heteroatoms. The molecular formula is C22H15ClF3N5O2. The zero-order chi connectivity index (χ0) is 23.4. The number of halogens is 4. The lowest BCUT2D eigenvalue weighted by molar-refractivity contribution is -0.137. The molecular weight excluding hydrogens is 459 g/mol. The third-order valence-electron chi connectivity index (χ3n) is 4.36. The number of amides is 2. The lowest BCUT2D eigenvalue weighted by Crippen LogP contribution is -2.20. The molecule has 0 saturated carbocycles. The smallest absolute Gasteiger partial charge is 0.417 e. The summed E-state index contributed by atoms with van der Waals surface area (Å²) in [5.74, 6) is 0.942. The van der Waals surface area contributed by atoms with Crippen LogP contribution in [-0.2, 0) is 6.18 Å². The Bertz CT molecular complexity index is 1280. The molecule has 0 bridgehead atoms. The van der Waals surface area contributed by atoms with Crippen LogP contribution in [0, 0.1) is 0 Å². The third-order valence-corrected chi connectivity index (χ3v) is 4.69. The maximum atomic E-state index is 13.0. The molecule has 2 heterocycles. The quantitative estimate of drug-likeness (QED) is 0.305. The van der Waals surface area contributed by atoms with Crippen LogP contribution in [0.3, 0.4) is 0 Å². The van der Waals surface area contributed by atoms with Gasteiger partial charge in [-0.15, -0.1) is 0 Å². The minimum atomic E-state index is -4.64. The first-order valence-corrected chi connectivity index (χ1v) is 9.83. The van der Waals surface area contributed by atoms with E-state index in [-0.39, 0.29) is 5.69 Å². The number of H-pyrrole nitrogens is 1. The fourth-order valence-electron chi connectivity index (χ4n) is 2.91. The van der Waals surface area contributed by atoms with Crippen LogP contribution in [-0.4, -0.2) is 21.0 Å². The maximum absolute atomic E-state index is 13.0. The molecule has 168 valence electrons. The second-order valence-corrected chi connectivity index (χ2v) is 7.15. The van der Waals surface area contributed by atoms with Gasteiger partial charge >= 0.3 is 12.2 Å². The zero-order valence-corrected chi connectivity index (χ0v) is 17.4. The number of hydrogen-bond donors (Lipinski definition) is 3. The van der Waals surface area contributed by atoms with Gasteiger partial charge in [0.2, 0.25) is 0 Å². The number of pyridine rings is 1. The highest BCUT2D eigenvalue weighted by molar-refractivity contribution is 6.31. The zero-order valence-electron chi connectivity index (χ0n) is 16.7. The van der Waals surface area contributed by atoms with E-state index < -0.39 is 22.8 Å². The molecule has 0 spiro atoms. The lowest BCUT2D eigenvalue weighted by atomic mass is 10.2. The van der Waals surface area contributed by atoms with Crippen molar-refractivity contribution in [2.24, 2.45) is 0 Å². The highest BCUT2D eigenvalue weighted by Gasteiger charge is 2.33. The number of carbonyl (C=O) groups excluding carboxylic acids is 1. The van der Waals surface area contributed by atoms with Gasteiger partial charge in [-0.3, -0.25) is 4.98 Å². The van der Waals surface area contributed by atoms with Gasteiger partial charge in [0.05, 0.1) is 34.5 Å². The van der Waals surface area contributed by atoms with Crippen LogP contribution in [0.25, 0.3) is 11.4 Å². The SMILES string of the molecule is O=C(Nc1cccc(Oc2ccnc(-c3cnc[nH]3)c2)c1)Nc1ccc(Cl)c(C(F)(F)F)c1. The van der Waals surface area contributed by atoms with Gasteiger partial charge in [0.25, 0.3) is 0 Å². The van der Waals surface area contributed by atoms with Crippen LogP contribution in [0.5, 0.6) is 11.5 Å². The van der Waals surface area contributed by atoms with Gasteiger partial charge in [0.15, 0.2) is 0 Å². The van der Waals surface area contributed by atoms with Crippen molar-refractivity contribution in [2.75, 3.05) is 10.6 Å². The second-order valence-electron chi connectivity index (χ2n) is 6.74. The average molecular weight is 474 g/mol. The highest BCUT2D eigenvalue weighted by Crippen LogP contribution is 2.36. The van der Waals surface area contributed by atoms with Crippen LogP contribution < -0.4 is 15.4 Å². The van der Waals surface area contributed by atoms with Crippen LogP contribution in [0.1, 0.15) is 5.56 Å². The van der Waals surface area contributed by atoms with E-state index in [1.165, 1.54) is 6.07 Å². The Labute approximate surface area is 190 Å². The molecule has 0 aliphatic carbocycles. The number of anilines is 2. The molecule has 4 aromatic rings. The summed E-state index contributed by atoms with van der Waals surface area (Å²) >= 11 is 5.60. The van der Waals surface area contributed by atoms with Crippen molar-refractivity contribution in [3.05, 3.63) is 83.9 Å². The molecule has 3 N–H and O–H groups in total. The van der Waals surface area contributed by atoms with E-state index >= 15 is 0 Å². The van der Waals surface area contributed by atoms with E-state index in [1.807, 2.05) is 0 Å². The molecule has 2 aromatic heterocycles. The van der Waals surface area contributed by atoms with E-state index in [2.05, 4.69) is 25.6 Å². The van der Waals surface area contributed by atoms with E-state index in [9.17, 15) is 18.0 Å². The van der Waals surface area contributed by atoms with Gasteiger partial charge < -0.3 is 20.4 Å². The molecule has 4 rings (SSSR count). The Balaban J connectivity index is 1.44.